The van der Waals surface area contributed by atoms with Crippen molar-refractivity contribution < 1.29 is 38.0 Å². The maximum Gasteiger partial charge on any atom is 0.410 e. The van der Waals surface area contributed by atoms with E-state index in [4.69, 9.17) is 28.4 Å². The van der Waals surface area contributed by atoms with E-state index >= 15 is 0 Å². The molecular weight excluding hydrogens is 618 g/mol. The van der Waals surface area contributed by atoms with Crippen molar-refractivity contribution in [2.45, 2.75) is 70.4 Å². The maximum absolute atomic E-state index is 14.5. The summed E-state index contributed by atoms with van der Waals surface area (Å²) in [6.45, 7) is 7.44. The van der Waals surface area contributed by atoms with Crippen LogP contribution in [0.1, 0.15) is 75.1 Å². The van der Waals surface area contributed by atoms with E-state index in [0.717, 1.165) is 42.6 Å². The Bertz CT molecular complexity index is 1400. The molecule has 1 N–H and O–H groups in total. The van der Waals surface area contributed by atoms with Crippen molar-refractivity contribution in [1.29, 1.82) is 0 Å². The molecule has 2 fully saturated rings. The molecule has 0 spiro atoms. The number of aromatic nitrogens is 1. The first-order valence-corrected chi connectivity index (χ1v) is 16.8. The minimum Gasteiger partial charge on any atom is -0.491 e. The summed E-state index contributed by atoms with van der Waals surface area (Å²) in [6.07, 6.45) is 5.22. The number of aryl methyl sites for hydroxylation is 2. The first-order chi connectivity index (χ1) is 22.9. The molecular formula is C36H53N3O9. The van der Waals surface area contributed by atoms with Gasteiger partial charge in [-0.1, -0.05) is 6.07 Å². The van der Waals surface area contributed by atoms with Gasteiger partial charge in [0, 0.05) is 71.8 Å². The molecule has 12 nitrogen and oxygen atoms in total. The first-order valence-electron chi connectivity index (χ1n) is 16.8. The van der Waals surface area contributed by atoms with Gasteiger partial charge in [0.2, 0.25) is 5.91 Å². The second kappa shape index (κ2) is 17.2. The Kier molecular flexibility index (Phi) is 13.3. The summed E-state index contributed by atoms with van der Waals surface area (Å²) in [6, 6.07) is 7.46. The fourth-order valence-corrected chi connectivity index (χ4v) is 6.16. The minimum atomic E-state index is -0.688. The first kappa shape index (κ1) is 37.2. The number of likely N-dealkylation sites (tertiary alicyclic amines) is 1. The van der Waals surface area contributed by atoms with Crippen LogP contribution >= 0.6 is 0 Å². The van der Waals surface area contributed by atoms with Crippen LogP contribution in [0.5, 0.6) is 11.5 Å². The Labute approximate surface area is 284 Å². The number of hydrogen-bond acceptors (Lipinski definition) is 9. The van der Waals surface area contributed by atoms with Crippen molar-refractivity contribution in [2.75, 3.05) is 61.0 Å². The summed E-state index contributed by atoms with van der Waals surface area (Å²) in [5, 5.41) is 3.38. The number of nitrogens with zero attached hydrogens (tertiary/aromatic N) is 2. The molecule has 2 aliphatic rings. The normalized spacial score (nSPS) is 18.7. The number of methoxy groups -OCH3 is 3. The Morgan fingerprint density at radius 3 is 2.38 bits per heavy atom. The number of nitrogens with one attached hydrogen (secondary N) is 1. The highest BCUT2D eigenvalue weighted by Crippen LogP contribution is 2.44. The van der Waals surface area contributed by atoms with E-state index in [0.29, 0.717) is 44.1 Å². The Hall–Kier alpha value is -3.61. The minimum absolute atomic E-state index is 0.0158. The van der Waals surface area contributed by atoms with Gasteiger partial charge in [0.25, 0.3) is 5.56 Å². The van der Waals surface area contributed by atoms with Crippen LogP contribution in [0.4, 0.5) is 4.79 Å². The molecule has 48 heavy (non-hydrogen) atoms. The van der Waals surface area contributed by atoms with Gasteiger partial charge in [0.1, 0.15) is 23.7 Å². The van der Waals surface area contributed by atoms with Gasteiger partial charge in [-0.25, -0.2) is 4.79 Å². The Morgan fingerprint density at radius 2 is 1.71 bits per heavy atom. The lowest BCUT2D eigenvalue weighted by atomic mass is 9.79. The predicted octanol–water partition coefficient (Wildman–Crippen LogP) is 4.58. The van der Waals surface area contributed by atoms with E-state index in [1.54, 1.807) is 32.4 Å². The number of rotatable bonds is 16. The van der Waals surface area contributed by atoms with Crippen molar-refractivity contribution in [1.82, 2.24) is 14.8 Å². The molecule has 1 saturated carbocycles. The summed E-state index contributed by atoms with van der Waals surface area (Å²) in [5.74, 6) is 0.194. The number of pyridine rings is 1. The number of piperidine rings is 1. The molecule has 3 unspecified atom stereocenters. The van der Waals surface area contributed by atoms with Crippen molar-refractivity contribution >= 4 is 12.0 Å². The van der Waals surface area contributed by atoms with Gasteiger partial charge in [-0.2, -0.15) is 0 Å². The predicted molar refractivity (Wildman–Crippen MR) is 180 cm³/mol. The highest BCUT2D eigenvalue weighted by atomic mass is 16.7. The second-order valence-electron chi connectivity index (χ2n) is 13.7. The van der Waals surface area contributed by atoms with Gasteiger partial charge in [0.15, 0.2) is 6.79 Å². The Morgan fingerprint density at radius 1 is 0.958 bits per heavy atom. The average Bonchev–Trinajstić information content (AvgIpc) is 3.88. The maximum atomic E-state index is 14.5. The number of ether oxygens (including phenoxy) is 6. The largest absolute Gasteiger partial charge is 0.491 e. The van der Waals surface area contributed by atoms with Crippen LogP contribution in [0.3, 0.4) is 0 Å². The fourth-order valence-electron chi connectivity index (χ4n) is 6.16. The number of carbonyl (C=O) groups excluding carboxylic acids is 2. The van der Waals surface area contributed by atoms with Crippen LogP contribution in [0.25, 0.3) is 0 Å². The van der Waals surface area contributed by atoms with Crippen LogP contribution < -0.4 is 20.3 Å². The van der Waals surface area contributed by atoms with Crippen LogP contribution in [0, 0.1) is 11.8 Å². The summed E-state index contributed by atoms with van der Waals surface area (Å²) in [5.41, 5.74) is 1.79. The third-order valence-electron chi connectivity index (χ3n) is 8.66. The molecule has 1 aliphatic carbocycles. The van der Waals surface area contributed by atoms with Crippen LogP contribution in [0.15, 0.2) is 35.3 Å². The highest BCUT2D eigenvalue weighted by molar-refractivity contribution is 5.82. The van der Waals surface area contributed by atoms with Crippen molar-refractivity contribution in [3.05, 3.63) is 57.5 Å². The van der Waals surface area contributed by atoms with E-state index in [1.165, 1.54) is 17.7 Å². The van der Waals surface area contributed by atoms with Crippen molar-refractivity contribution in [2.24, 2.45) is 18.9 Å². The molecule has 0 radical (unpaired) electrons. The summed E-state index contributed by atoms with van der Waals surface area (Å²) in [7, 11) is 6.50. The van der Waals surface area contributed by atoms with Crippen molar-refractivity contribution in [3.8, 4) is 11.5 Å². The molecule has 0 bridgehead atoms. The molecule has 1 saturated heterocycles. The van der Waals surface area contributed by atoms with E-state index < -0.39 is 23.5 Å². The zero-order valence-corrected chi connectivity index (χ0v) is 29.5. The van der Waals surface area contributed by atoms with E-state index in [2.05, 4.69) is 11.4 Å². The van der Waals surface area contributed by atoms with Gasteiger partial charge in [-0.15, -0.1) is 0 Å². The molecule has 4 rings (SSSR count). The molecule has 1 aromatic carbocycles. The summed E-state index contributed by atoms with van der Waals surface area (Å²) >= 11 is 0. The van der Waals surface area contributed by atoms with Crippen molar-refractivity contribution in [3.63, 3.8) is 0 Å². The lowest BCUT2D eigenvalue weighted by Crippen LogP contribution is -2.50. The highest BCUT2D eigenvalue weighted by Gasteiger charge is 2.42. The van der Waals surface area contributed by atoms with Gasteiger partial charge in [-0.3, -0.25) is 9.59 Å². The molecule has 2 aromatic rings. The molecule has 1 aliphatic heterocycles. The third-order valence-corrected chi connectivity index (χ3v) is 8.66. The number of benzene rings is 1. The van der Waals surface area contributed by atoms with Gasteiger partial charge in [0.05, 0.1) is 18.6 Å². The number of hydrogen-bond donors (Lipinski definition) is 1. The standard InChI is InChI=1S/C36H53N3O9/c1-36(2,3)48-35(42)39-13-12-28(29-20-32(40)38(4)22-31(29)47-23-45-7)30(21-39)34(41)37-33(25-10-11-25)26-17-24(9-8-14-43-5)18-27(19-26)46-16-15-44-6/h17-20,22,25,28,30,33H,8-16,21,23H2,1-7H3,(H,37,41). The molecule has 1 aromatic heterocycles. The summed E-state index contributed by atoms with van der Waals surface area (Å²) in [4.78, 5) is 42.2. The van der Waals surface area contributed by atoms with Crippen LogP contribution in [-0.4, -0.2) is 88.1 Å². The lowest BCUT2D eigenvalue weighted by Gasteiger charge is -2.39. The molecule has 3 atom stereocenters. The zero-order chi connectivity index (χ0) is 34.8. The van der Waals surface area contributed by atoms with Gasteiger partial charge < -0.3 is 43.2 Å². The average molecular weight is 672 g/mol. The van der Waals surface area contributed by atoms with E-state index in [-0.39, 0.29) is 36.8 Å². The van der Waals surface area contributed by atoms with Gasteiger partial charge >= 0.3 is 6.09 Å². The lowest BCUT2D eigenvalue weighted by molar-refractivity contribution is -0.128. The molecule has 2 amide bonds. The Balaban J connectivity index is 1.68. The van der Waals surface area contributed by atoms with Crippen LogP contribution in [0.2, 0.25) is 0 Å². The number of amides is 2. The smallest absolute Gasteiger partial charge is 0.410 e. The quantitative estimate of drug-likeness (QED) is 0.202. The van der Waals surface area contributed by atoms with E-state index in [9.17, 15) is 14.4 Å². The van der Waals surface area contributed by atoms with Gasteiger partial charge in [-0.05, 0) is 82.1 Å². The topological polar surface area (TPSA) is 127 Å². The SMILES string of the molecule is COCCCc1cc(OCCOC)cc(C(NC(=O)C2CN(C(=O)OC(C)(C)C)CCC2c2cc(=O)n(C)cc2OCOC)C2CC2)c1. The van der Waals surface area contributed by atoms with Crippen LogP contribution in [-0.2, 0) is 37.2 Å². The third kappa shape index (κ3) is 10.4. The second-order valence-corrected chi connectivity index (χ2v) is 13.7. The molecule has 266 valence electrons. The van der Waals surface area contributed by atoms with E-state index in [1.807, 2.05) is 32.9 Å². The monoisotopic (exact) mass is 671 g/mol. The number of carbonyl (C=O) groups is 2. The molecule has 2 heterocycles. The fraction of sp³-hybridized carbons (Fsp3) is 0.639. The zero-order valence-electron chi connectivity index (χ0n) is 29.5. The molecule has 12 heteroatoms. The summed E-state index contributed by atoms with van der Waals surface area (Å²) < 4.78 is 34.7.